The van der Waals surface area contributed by atoms with Gasteiger partial charge in [0.05, 0.1) is 29.9 Å². The van der Waals surface area contributed by atoms with Crippen LogP contribution in [0.3, 0.4) is 0 Å². The normalized spacial score (nSPS) is 40.8. The molecule has 0 aromatic rings. The molecule has 2 saturated carbocycles. The third kappa shape index (κ3) is 4.11. The van der Waals surface area contributed by atoms with Gasteiger partial charge in [0.15, 0.2) is 6.29 Å². The minimum Gasteiger partial charge on any atom is -0.412 e. The summed E-state index contributed by atoms with van der Waals surface area (Å²) in [5.41, 5.74) is 0.687. The lowest BCUT2D eigenvalue weighted by Crippen LogP contribution is -2.60. The maximum atomic E-state index is 14.1. The number of hydrogen-bond donors (Lipinski definition) is 1. The standard InChI is InChI=1S/C29H53NO6SSi/c1-16(2)38(17(3)4,18(5)6)36-25-19(7)24(35-27(32)21(25)9)20(8)26(31)30-23-14-22-12-13-29(23,28(22,10)11)15-37(30,33)34/h16-25,27,32H,12-15H2,1-11H3/t19-,20-,21-,22?,23?,24+,25-,27?,29?/m0/s1. The Morgan fingerprint density at radius 1 is 1.03 bits per heavy atom. The number of hydrogen-bond acceptors (Lipinski definition) is 6. The highest BCUT2D eigenvalue weighted by Crippen LogP contribution is 2.70. The number of ether oxygens (including phenoxy) is 1. The maximum absolute atomic E-state index is 14.1. The minimum absolute atomic E-state index is 0.0599. The summed E-state index contributed by atoms with van der Waals surface area (Å²) in [6.07, 6.45) is 0.674. The first kappa shape index (κ1) is 30.5. The Balaban J connectivity index is 1.63. The van der Waals surface area contributed by atoms with Crippen molar-refractivity contribution in [3.63, 3.8) is 0 Å². The zero-order valence-electron chi connectivity index (χ0n) is 25.5. The highest BCUT2D eigenvalue weighted by Gasteiger charge is 2.72. The number of carbonyl (C=O) groups is 1. The Morgan fingerprint density at radius 2 is 1.58 bits per heavy atom. The number of nitrogens with zero attached hydrogens (tertiary/aromatic N) is 1. The lowest BCUT2D eigenvalue weighted by atomic mass is 9.69. The number of amides is 1. The fraction of sp³-hybridized carbons (Fsp3) is 0.966. The Labute approximate surface area is 232 Å². The smallest absolute Gasteiger partial charge is 0.241 e. The van der Waals surface area contributed by atoms with Crippen LogP contribution in [0.5, 0.6) is 0 Å². The second-order valence-corrected chi connectivity index (χ2v) is 21.9. The van der Waals surface area contributed by atoms with E-state index in [9.17, 15) is 18.3 Å². The number of rotatable bonds is 7. The van der Waals surface area contributed by atoms with Gasteiger partial charge in [0.25, 0.3) is 0 Å². The van der Waals surface area contributed by atoms with Crippen LogP contribution in [0.1, 0.15) is 95.4 Å². The van der Waals surface area contributed by atoms with Crippen LogP contribution in [0.15, 0.2) is 0 Å². The molecule has 9 heteroatoms. The summed E-state index contributed by atoms with van der Waals surface area (Å²) in [6, 6.07) is -0.270. The van der Waals surface area contributed by atoms with E-state index in [1.165, 1.54) is 4.31 Å². The van der Waals surface area contributed by atoms with Crippen molar-refractivity contribution >= 4 is 24.2 Å². The fourth-order valence-electron chi connectivity index (χ4n) is 9.59. The van der Waals surface area contributed by atoms with E-state index in [-0.39, 0.29) is 46.5 Å². The van der Waals surface area contributed by atoms with Gasteiger partial charge in [-0.1, -0.05) is 76.2 Å². The van der Waals surface area contributed by atoms with Gasteiger partial charge in [-0.15, -0.1) is 0 Å². The van der Waals surface area contributed by atoms with Crippen LogP contribution < -0.4 is 0 Å². The third-order valence-corrected chi connectivity index (χ3v) is 19.9. The Kier molecular flexibility index (Phi) is 7.87. The van der Waals surface area contributed by atoms with Crippen molar-refractivity contribution in [3.05, 3.63) is 0 Å². The molecule has 0 aromatic carbocycles. The first-order valence-corrected chi connectivity index (χ1v) is 18.7. The van der Waals surface area contributed by atoms with Gasteiger partial charge in [0.1, 0.15) is 0 Å². The quantitative estimate of drug-likeness (QED) is 0.404. The van der Waals surface area contributed by atoms with E-state index in [2.05, 4.69) is 55.4 Å². The van der Waals surface area contributed by atoms with Crippen molar-refractivity contribution in [2.75, 3.05) is 5.75 Å². The predicted octanol–water partition coefficient (Wildman–Crippen LogP) is 5.54. The molecule has 2 heterocycles. The number of sulfonamides is 1. The van der Waals surface area contributed by atoms with Crippen molar-refractivity contribution in [1.82, 2.24) is 4.31 Å². The topological polar surface area (TPSA) is 93.1 Å². The lowest BCUT2D eigenvalue weighted by molar-refractivity contribution is -0.248. The van der Waals surface area contributed by atoms with Gasteiger partial charge in [-0.2, -0.15) is 0 Å². The summed E-state index contributed by atoms with van der Waals surface area (Å²) in [7, 11) is -5.99. The number of aliphatic hydroxyl groups is 1. The lowest BCUT2D eigenvalue weighted by Gasteiger charge is -2.51. The number of fused-ring (bicyclic) bond motifs is 1. The Morgan fingerprint density at radius 3 is 2.08 bits per heavy atom. The van der Waals surface area contributed by atoms with E-state index in [0.29, 0.717) is 22.5 Å². The molecule has 0 aromatic heterocycles. The zero-order valence-corrected chi connectivity index (χ0v) is 27.3. The van der Waals surface area contributed by atoms with Crippen LogP contribution in [0, 0.1) is 34.5 Å². The monoisotopic (exact) mass is 571 g/mol. The average molecular weight is 572 g/mol. The molecule has 220 valence electrons. The molecule has 4 rings (SSSR count). The second-order valence-electron chi connectivity index (χ2n) is 14.7. The molecule has 9 atom stereocenters. The third-order valence-electron chi connectivity index (χ3n) is 11.9. The van der Waals surface area contributed by atoms with Crippen LogP contribution >= 0.6 is 0 Å². The molecular weight excluding hydrogens is 518 g/mol. The van der Waals surface area contributed by atoms with Gasteiger partial charge in [-0.25, -0.2) is 12.7 Å². The number of aliphatic hydroxyl groups excluding tert-OH is 1. The van der Waals surface area contributed by atoms with E-state index >= 15 is 0 Å². The summed E-state index contributed by atoms with van der Waals surface area (Å²) in [6.45, 7) is 23.6. The van der Waals surface area contributed by atoms with Crippen molar-refractivity contribution in [2.45, 2.75) is 137 Å². The number of carbonyl (C=O) groups excluding carboxylic acids is 1. The molecule has 2 bridgehead atoms. The molecule has 1 amide bonds. The van der Waals surface area contributed by atoms with E-state index in [1.807, 2.05) is 13.8 Å². The van der Waals surface area contributed by atoms with E-state index in [4.69, 9.17) is 9.16 Å². The van der Waals surface area contributed by atoms with Crippen molar-refractivity contribution in [3.8, 4) is 0 Å². The summed E-state index contributed by atoms with van der Waals surface area (Å²) >= 11 is 0. The molecular formula is C29H53NO6SSi. The molecule has 4 unspecified atom stereocenters. The van der Waals surface area contributed by atoms with E-state index < -0.39 is 36.7 Å². The molecule has 4 fully saturated rings. The molecule has 1 spiro atoms. The largest absolute Gasteiger partial charge is 0.412 e. The average Bonchev–Trinajstić information content (AvgIpc) is 3.28. The van der Waals surface area contributed by atoms with Gasteiger partial charge >= 0.3 is 0 Å². The van der Waals surface area contributed by atoms with E-state index in [0.717, 1.165) is 19.3 Å². The first-order valence-electron chi connectivity index (χ1n) is 14.9. The van der Waals surface area contributed by atoms with Gasteiger partial charge < -0.3 is 14.3 Å². The summed E-state index contributed by atoms with van der Waals surface area (Å²) in [5, 5.41) is 11.0. The van der Waals surface area contributed by atoms with Crippen molar-refractivity contribution in [2.24, 2.45) is 34.5 Å². The van der Waals surface area contributed by atoms with Gasteiger partial charge in [0, 0.05) is 17.3 Å². The molecule has 1 N–H and O–H groups in total. The van der Waals surface area contributed by atoms with Crippen LogP contribution in [0.2, 0.25) is 16.6 Å². The van der Waals surface area contributed by atoms with Crippen molar-refractivity contribution in [1.29, 1.82) is 0 Å². The first-order chi connectivity index (χ1) is 17.4. The van der Waals surface area contributed by atoms with Crippen LogP contribution in [-0.4, -0.2) is 62.3 Å². The van der Waals surface area contributed by atoms with Crippen LogP contribution in [-0.2, 0) is 24.0 Å². The molecule has 7 nitrogen and oxygen atoms in total. The van der Waals surface area contributed by atoms with Gasteiger partial charge in [-0.05, 0) is 47.2 Å². The predicted molar refractivity (Wildman–Crippen MR) is 152 cm³/mol. The fourth-order valence-corrected chi connectivity index (χ4v) is 17.9. The summed E-state index contributed by atoms with van der Waals surface area (Å²) in [4.78, 5) is 14.1. The molecule has 38 heavy (non-hydrogen) atoms. The second kappa shape index (κ2) is 9.81. The molecule has 4 aliphatic rings. The Hall–Kier alpha value is -0.483. The maximum Gasteiger partial charge on any atom is 0.241 e. The zero-order chi connectivity index (χ0) is 28.7. The molecule has 2 aliphatic carbocycles. The van der Waals surface area contributed by atoms with E-state index in [1.54, 1.807) is 6.92 Å². The minimum atomic E-state index is -3.72. The molecule has 2 aliphatic heterocycles. The summed E-state index contributed by atoms with van der Waals surface area (Å²) in [5.74, 6) is -1.01. The Bertz CT molecular complexity index is 1010. The van der Waals surface area contributed by atoms with Gasteiger partial charge in [0.2, 0.25) is 24.2 Å². The van der Waals surface area contributed by atoms with Crippen LogP contribution in [0.4, 0.5) is 0 Å². The molecule has 0 radical (unpaired) electrons. The summed E-state index contributed by atoms with van der Waals surface area (Å²) < 4.78 is 41.6. The molecule has 2 saturated heterocycles. The van der Waals surface area contributed by atoms with Gasteiger partial charge in [-0.3, -0.25) is 4.79 Å². The van der Waals surface area contributed by atoms with Crippen molar-refractivity contribution < 1.29 is 27.5 Å². The van der Waals surface area contributed by atoms with Crippen LogP contribution in [0.25, 0.3) is 0 Å². The SMILES string of the molecule is CC(C)[Si](O[C@H]1[C@@H](C)[C@H]([C@H](C)C(=O)N2C3CC4CCC3(CS2(=O)=O)C4(C)C)OC(O)[C@H]1C)(C(C)C)C(C)C. The highest BCUT2D eigenvalue weighted by atomic mass is 32.2. The highest BCUT2D eigenvalue weighted by molar-refractivity contribution is 7.90.